The van der Waals surface area contributed by atoms with Gasteiger partial charge in [0.1, 0.15) is 23.1 Å². The molecule has 4 rings (SSSR count). The fourth-order valence-corrected chi connectivity index (χ4v) is 4.91. The van der Waals surface area contributed by atoms with E-state index in [4.69, 9.17) is 4.74 Å². The van der Waals surface area contributed by atoms with Gasteiger partial charge in [-0.25, -0.2) is 18.1 Å². The average Bonchev–Trinajstić information content (AvgIpc) is 2.76. The van der Waals surface area contributed by atoms with Crippen LogP contribution < -0.4 is 14.4 Å². The van der Waals surface area contributed by atoms with Crippen LogP contribution in [0.1, 0.15) is 30.8 Å². The lowest BCUT2D eigenvalue weighted by atomic mass is 10.1. The van der Waals surface area contributed by atoms with Gasteiger partial charge in [-0.15, -0.1) is 0 Å². The van der Waals surface area contributed by atoms with Crippen LogP contribution in [-0.4, -0.2) is 49.6 Å². The van der Waals surface area contributed by atoms with Gasteiger partial charge in [-0.1, -0.05) is 18.2 Å². The molecule has 1 N–H and O–H groups in total. The van der Waals surface area contributed by atoms with E-state index in [0.29, 0.717) is 17.2 Å². The van der Waals surface area contributed by atoms with E-state index < -0.39 is 10.0 Å². The smallest absolute Gasteiger partial charge is 0.242 e. The number of benzene rings is 1. The first kappa shape index (κ1) is 21.5. The van der Waals surface area contributed by atoms with Crippen LogP contribution in [0.25, 0.3) is 10.9 Å². The van der Waals surface area contributed by atoms with Crippen molar-refractivity contribution in [1.82, 2.24) is 19.7 Å². The van der Waals surface area contributed by atoms with Gasteiger partial charge in [-0.05, 0) is 45.2 Å². The van der Waals surface area contributed by atoms with Crippen molar-refractivity contribution in [1.29, 1.82) is 0 Å². The van der Waals surface area contributed by atoms with Crippen LogP contribution in [0.15, 0.2) is 41.3 Å². The van der Waals surface area contributed by atoms with Crippen LogP contribution in [-0.2, 0) is 10.0 Å². The number of rotatable bonds is 7. The van der Waals surface area contributed by atoms with Gasteiger partial charge in [0.2, 0.25) is 15.9 Å². The Morgan fingerprint density at radius 3 is 2.65 bits per heavy atom. The molecule has 8 nitrogen and oxygen atoms in total. The Labute approximate surface area is 182 Å². The molecule has 1 aliphatic heterocycles. The molecule has 0 amide bonds. The summed E-state index contributed by atoms with van der Waals surface area (Å²) in [4.78, 5) is 15.7. The lowest BCUT2D eigenvalue weighted by molar-refractivity contribution is 0.309. The lowest BCUT2D eigenvalue weighted by Gasteiger charge is -2.28. The Hall–Kier alpha value is -2.78. The Balaban J connectivity index is 1.41. The highest BCUT2D eigenvalue weighted by Gasteiger charge is 2.18. The minimum absolute atomic E-state index is 0.118. The second kappa shape index (κ2) is 9.15. The number of piperidine rings is 1. The largest absolute Gasteiger partial charge is 0.476 e. The second-order valence-corrected chi connectivity index (χ2v) is 9.42. The van der Waals surface area contributed by atoms with E-state index in [1.807, 2.05) is 38.1 Å². The second-order valence-electron chi connectivity index (χ2n) is 7.69. The van der Waals surface area contributed by atoms with E-state index in [2.05, 4.69) is 24.6 Å². The molecule has 0 unspecified atom stereocenters. The first-order chi connectivity index (χ1) is 14.9. The summed E-state index contributed by atoms with van der Waals surface area (Å²) in [6.07, 6.45) is 3.56. The Morgan fingerprint density at radius 1 is 1.03 bits per heavy atom. The number of hydrogen-bond acceptors (Lipinski definition) is 7. The SMILES string of the molecule is Cc1ccc2cccc(S(=O)(=O)NCCOc3cc(N4CCCCC4)nc(C)n3)c2n1. The summed E-state index contributed by atoms with van der Waals surface area (Å²) in [5.41, 5.74) is 1.23. The van der Waals surface area contributed by atoms with Crippen LogP contribution >= 0.6 is 0 Å². The predicted molar refractivity (Wildman–Crippen MR) is 120 cm³/mol. The van der Waals surface area contributed by atoms with Gasteiger partial charge in [-0.2, -0.15) is 4.98 Å². The van der Waals surface area contributed by atoms with Crippen LogP contribution in [0.4, 0.5) is 5.82 Å². The fourth-order valence-electron chi connectivity index (χ4n) is 3.73. The quantitative estimate of drug-likeness (QED) is 0.563. The minimum Gasteiger partial charge on any atom is -0.476 e. The maximum Gasteiger partial charge on any atom is 0.242 e. The summed E-state index contributed by atoms with van der Waals surface area (Å²) in [5.74, 6) is 1.95. The summed E-state index contributed by atoms with van der Waals surface area (Å²) in [5, 5.41) is 0.784. The molecule has 0 saturated carbocycles. The lowest BCUT2D eigenvalue weighted by Crippen LogP contribution is -2.30. The molecule has 1 fully saturated rings. The summed E-state index contributed by atoms with van der Waals surface area (Å²) < 4.78 is 34.0. The number of aromatic nitrogens is 3. The van der Waals surface area contributed by atoms with Crippen LogP contribution in [0.3, 0.4) is 0 Å². The van der Waals surface area contributed by atoms with E-state index in [1.165, 1.54) is 6.42 Å². The molecule has 164 valence electrons. The number of nitrogens with one attached hydrogen (secondary N) is 1. The van der Waals surface area contributed by atoms with Crippen LogP contribution in [0.2, 0.25) is 0 Å². The molecule has 0 bridgehead atoms. The van der Waals surface area contributed by atoms with Gasteiger partial charge in [0.25, 0.3) is 0 Å². The summed E-state index contributed by atoms with van der Waals surface area (Å²) in [6.45, 7) is 5.91. The van der Waals surface area contributed by atoms with Crippen molar-refractivity contribution >= 4 is 26.7 Å². The molecule has 3 aromatic rings. The van der Waals surface area contributed by atoms with Crippen molar-refractivity contribution in [3.63, 3.8) is 0 Å². The predicted octanol–water partition coefficient (Wildman–Crippen LogP) is 2.99. The molecule has 1 aliphatic rings. The third-order valence-corrected chi connectivity index (χ3v) is 6.73. The van der Waals surface area contributed by atoms with Crippen molar-refractivity contribution in [2.45, 2.75) is 38.0 Å². The highest BCUT2D eigenvalue weighted by Crippen LogP contribution is 2.22. The number of hydrogen-bond donors (Lipinski definition) is 1. The molecule has 3 heterocycles. The van der Waals surface area contributed by atoms with Crippen molar-refractivity contribution in [2.75, 3.05) is 31.1 Å². The van der Waals surface area contributed by atoms with Gasteiger partial charge in [0.15, 0.2) is 0 Å². The summed E-state index contributed by atoms with van der Waals surface area (Å²) in [6, 6.07) is 10.7. The maximum absolute atomic E-state index is 12.8. The molecule has 0 atom stereocenters. The van der Waals surface area contributed by atoms with Gasteiger partial charge >= 0.3 is 0 Å². The van der Waals surface area contributed by atoms with Crippen molar-refractivity contribution in [3.8, 4) is 5.88 Å². The highest BCUT2D eigenvalue weighted by molar-refractivity contribution is 7.89. The highest BCUT2D eigenvalue weighted by atomic mass is 32.2. The first-order valence-electron chi connectivity index (χ1n) is 10.5. The van der Waals surface area contributed by atoms with Crippen molar-refractivity contribution in [2.24, 2.45) is 0 Å². The molecule has 0 spiro atoms. The van der Waals surface area contributed by atoms with E-state index in [1.54, 1.807) is 12.1 Å². The van der Waals surface area contributed by atoms with Crippen LogP contribution in [0.5, 0.6) is 5.88 Å². The standard InChI is InChI=1S/C22H27N5O3S/c1-16-9-10-18-7-6-8-19(22(18)24-16)31(28,29)23-11-14-30-21-15-20(25-17(2)26-21)27-12-4-3-5-13-27/h6-10,15,23H,3-5,11-14H2,1-2H3. The topological polar surface area (TPSA) is 97.3 Å². The number of sulfonamides is 1. The van der Waals surface area contributed by atoms with Gasteiger partial charge in [0, 0.05) is 36.8 Å². The van der Waals surface area contributed by atoms with Crippen molar-refractivity contribution < 1.29 is 13.2 Å². The average molecular weight is 442 g/mol. The number of fused-ring (bicyclic) bond motifs is 1. The molecule has 9 heteroatoms. The van der Waals surface area contributed by atoms with E-state index in [9.17, 15) is 8.42 Å². The molecule has 31 heavy (non-hydrogen) atoms. The monoisotopic (exact) mass is 441 g/mol. The number of para-hydroxylation sites is 1. The number of anilines is 1. The fraction of sp³-hybridized carbons (Fsp3) is 0.409. The maximum atomic E-state index is 12.8. The zero-order valence-electron chi connectivity index (χ0n) is 17.8. The number of nitrogens with zero attached hydrogens (tertiary/aromatic N) is 4. The number of pyridine rings is 1. The van der Waals surface area contributed by atoms with Gasteiger partial charge in [0.05, 0.1) is 5.52 Å². The Bertz CT molecular complexity index is 1180. The Kier molecular flexibility index (Phi) is 6.33. The molecule has 1 aromatic carbocycles. The zero-order chi connectivity index (χ0) is 21.8. The van der Waals surface area contributed by atoms with E-state index >= 15 is 0 Å². The molecule has 0 aliphatic carbocycles. The number of aryl methyl sites for hydroxylation is 2. The molecule has 1 saturated heterocycles. The zero-order valence-corrected chi connectivity index (χ0v) is 18.7. The summed E-state index contributed by atoms with van der Waals surface area (Å²) >= 11 is 0. The normalized spacial score (nSPS) is 14.7. The van der Waals surface area contributed by atoms with E-state index in [0.717, 1.165) is 42.8 Å². The van der Waals surface area contributed by atoms with Gasteiger partial charge in [-0.3, -0.25) is 4.98 Å². The molecule has 2 aromatic heterocycles. The first-order valence-corrected chi connectivity index (χ1v) is 12.0. The molecule has 0 radical (unpaired) electrons. The van der Waals surface area contributed by atoms with E-state index in [-0.39, 0.29) is 18.0 Å². The minimum atomic E-state index is -3.73. The third-order valence-electron chi connectivity index (χ3n) is 5.24. The number of ether oxygens (including phenoxy) is 1. The molecular formula is C22H27N5O3S. The van der Waals surface area contributed by atoms with Gasteiger partial charge < -0.3 is 9.64 Å². The van der Waals surface area contributed by atoms with Crippen LogP contribution in [0, 0.1) is 13.8 Å². The summed E-state index contributed by atoms with van der Waals surface area (Å²) in [7, 11) is -3.73. The van der Waals surface area contributed by atoms with Crippen molar-refractivity contribution in [3.05, 3.63) is 47.9 Å². The Morgan fingerprint density at radius 2 is 1.84 bits per heavy atom. The molecular weight excluding hydrogens is 414 g/mol. The third kappa shape index (κ3) is 5.11.